The van der Waals surface area contributed by atoms with Crippen LogP contribution in [0.5, 0.6) is 0 Å². The monoisotopic (exact) mass is 528 g/mol. The summed E-state index contributed by atoms with van der Waals surface area (Å²) in [5.41, 5.74) is -4.10. The molecule has 6 fully saturated rings. The van der Waals surface area contributed by atoms with Crippen LogP contribution in [0, 0.1) is 28.1 Å². The highest BCUT2D eigenvalue weighted by atomic mass is 16.7. The Balaban J connectivity index is 1.46. The Hall–Kier alpha value is -2.72. The maximum absolute atomic E-state index is 14.6. The highest BCUT2D eigenvalue weighted by Crippen LogP contribution is 2.80. The largest absolute Gasteiger partial charge is 0.472 e. The molecule has 5 heterocycles. The molecule has 10 atom stereocenters. The Morgan fingerprint density at radius 3 is 2.53 bits per heavy atom. The molecule has 2 saturated carbocycles. The van der Waals surface area contributed by atoms with Crippen molar-refractivity contribution in [3.8, 4) is 0 Å². The van der Waals surface area contributed by atoms with Crippen molar-refractivity contribution in [2.75, 3.05) is 6.61 Å². The number of epoxide rings is 1. The Labute approximate surface area is 219 Å². The van der Waals surface area contributed by atoms with Crippen LogP contribution in [0.15, 0.2) is 23.0 Å². The van der Waals surface area contributed by atoms with Gasteiger partial charge in [-0.2, -0.15) is 0 Å². The van der Waals surface area contributed by atoms with Crippen molar-refractivity contribution < 1.29 is 47.3 Å². The number of hydrogen-bond donors (Lipinski definition) is 0. The number of cyclic esters (lactones) is 2. The van der Waals surface area contributed by atoms with Gasteiger partial charge >= 0.3 is 17.9 Å². The van der Waals surface area contributed by atoms with Crippen LogP contribution >= 0.6 is 0 Å². The predicted octanol–water partition coefficient (Wildman–Crippen LogP) is 2.68. The first kappa shape index (κ1) is 24.3. The number of fused-ring (bicyclic) bond motifs is 1. The summed E-state index contributed by atoms with van der Waals surface area (Å²) in [6.07, 6.45) is 1.01. The molecule has 0 amide bonds. The lowest BCUT2D eigenvalue weighted by atomic mass is 9.36. The van der Waals surface area contributed by atoms with Crippen molar-refractivity contribution >= 4 is 23.7 Å². The summed E-state index contributed by atoms with van der Waals surface area (Å²) in [5.74, 6) is -2.73. The molecule has 1 aromatic rings. The Morgan fingerprint density at radius 1 is 1.08 bits per heavy atom. The number of furan rings is 1. The van der Waals surface area contributed by atoms with Gasteiger partial charge in [-0.1, -0.05) is 13.8 Å². The minimum Gasteiger partial charge on any atom is -0.472 e. The molecule has 6 aliphatic rings. The molecule has 4 aliphatic heterocycles. The number of carbonyl (C=O) groups excluding carboxylic acids is 4. The first-order valence-electron chi connectivity index (χ1n) is 13.3. The second-order valence-corrected chi connectivity index (χ2v) is 12.9. The molecular weight excluding hydrogens is 496 g/mol. The number of ketones is 1. The summed E-state index contributed by atoms with van der Waals surface area (Å²) >= 11 is 0. The number of rotatable bonds is 2. The number of ether oxygens (including phenoxy) is 5. The maximum Gasteiger partial charge on any atom is 0.339 e. The molecular formula is C28H32O10. The van der Waals surface area contributed by atoms with E-state index in [1.54, 1.807) is 12.3 Å². The van der Waals surface area contributed by atoms with E-state index in [9.17, 15) is 19.2 Å². The smallest absolute Gasteiger partial charge is 0.339 e. The number of hydrogen-bond acceptors (Lipinski definition) is 10. The van der Waals surface area contributed by atoms with Crippen LogP contribution in [0.2, 0.25) is 0 Å². The Kier molecular flexibility index (Phi) is 4.53. The fourth-order valence-electron chi connectivity index (χ4n) is 9.84. The van der Waals surface area contributed by atoms with E-state index in [1.165, 1.54) is 13.2 Å². The van der Waals surface area contributed by atoms with E-state index in [1.807, 2.05) is 27.7 Å². The molecule has 0 unspecified atom stereocenters. The van der Waals surface area contributed by atoms with Crippen LogP contribution in [0.4, 0.5) is 0 Å². The molecule has 0 N–H and O–H groups in total. The first-order chi connectivity index (χ1) is 17.8. The molecule has 38 heavy (non-hydrogen) atoms. The fourth-order valence-corrected chi connectivity index (χ4v) is 9.84. The lowest BCUT2D eigenvalue weighted by Crippen LogP contribution is -2.76. The van der Waals surface area contributed by atoms with Crippen LogP contribution in [-0.2, 0) is 42.9 Å². The maximum atomic E-state index is 14.6. The van der Waals surface area contributed by atoms with Gasteiger partial charge in [-0.25, -0.2) is 4.79 Å². The van der Waals surface area contributed by atoms with Crippen molar-refractivity contribution in [2.45, 2.75) is 89.5 Å². The van der Waals surface area contributed by atoms with E-state index in [4.69, 9.17) is 28.1 Å². The van der Waals surface area contributed by atoms with Gasteiger partial charge in [-0.05, 0) is 38.7 Å². The van der Waals surface area contributed by atoms with Crippen LogP contribution in [0.3, 0.4) is 0 Å². The number of Topliss-reactive ketones (excluding diaryl/α,β-unsaturated/α-hetero) is 1. The van der Waals surface area contributed by atoms with Gasteiger partial charge in [-0.3, -0.25) is 14.4 Å². The van der Waals surface area contributed by atoms with Gasteiger partial charge in [0.25, 0.3) is 0 Å². The zero-order valence-electron chi connectivity index (χ0n) is 22.1. The zero-order valence-corrected chi connectivity index (χ0v) is 22.1. The molecule has 10 nitrogen and oxygen atoms in total. The van der Waals surface area contributed by atoms with E-state index in [2.05, 4.69) is 0 Å². The zero-order chi connectivity index (χ0) is 27.0. The quantitative estimate of drug-likeness (QED) is 0.321. The molecule has 0 aromatic carbocycles. The molecule has 0 bridgehead atoms. The van der Waals surface area contributed by atoms with Gasteiger partial charge in [0.05, 0.1) is 36.6 Å². The second kappa shape index (κ2) is 7.07. The number of carbonyl (C=O) groups is 4. The molecule has 2 spiro atoms. The molecule has 2 aliphatic carbocycles. The Bertz CT molecular complexity index is 1270. The fraction of sp³-hybridized carbons (Fsp3) is 0.714. The summed E-state index contributed by atoms with van der Waals surface area (Å²) in [6, 6.07) is 1.77. The third-order valence-electron chi connectivity index (χ3n) is 10.9. The summed E-state index contributed by atoms with van der Waals surface area (Å²) in [5, 5.41) is 0. The molecule has 4 saturated heterocycles. The number of esters is 3. The Morgan fingerprint density at radius 2 is 1.84 bits per heavy atom. The summed E-state index contributed by atoms with van der Waals surface area (Å²) < 4.78 is 35.8. The van der Waals surface area contributed by atoms with Crippen LogP contribution < -0.4 is 0 Å². The van der Waals surface area contributed by atoms with E-state index < -0.39 is 69.7 Å². The van der Waals surface area contributed by atoms with Crippen molar-refractivity contribution in [3.63, 3.8) is 0 Å². The minimum atomic E-state index is -1.18. The standard InChI is InChI=1S/C28H32O10/c1-13(29)35-21-18(31)19-24(2,3)37-16-10-17(30)34-12-27(16,19)15-6-8-25(4)20(14-7-9-33-11-14)36-23(32)22-28(25,38-22)26(15,21)5/h7,9,11,15-16,19-22H,6,8,10,12H2,1-5H3/t15-,16+,19-,20-,21-,22+,25-,26-,27-,28-/m0/s1. The van der Waals surface area contributed by atoms with E-state index >= 15 is 0 Å². The van der Waals surface area contributed by atoms with Gasteiger partial charge in [0.1, 0.15) is 18.3 Å². The van der Waals surface area contributed by atoms with E-state index in [-0.39, 0.29) is 30.7 Å². The third-order valence-corrected chi connectivity index (χ3v) is 10.9. The normalized spacial score (nSPS) is 49.9. The van der Waals surface area contributed by atoms with Crippen molar-refractivity contribution in [2.24, 2.45) is 28.1 Å². The average Bonchev–Trinajstić information content (AvgIpc) is 3.30. The van der Waals surface area contributed by atoms with Crippen LogP contribution in [0.25, 0.3) is 0 Å². The molecule has 204 valence electrons. The van der Waals surface area contributed by atoms with Gasteiger partial charge < -0.3 is 28.1 Å². The average molecular weight is 529 g/mol. The summed E-state index contributed by atoms with van der Waals surface area (Å²) in [4.78, 5) is 52.9. The molecule has 0 radical (unpaired) electrons. The van der Waals surface area contributed by atoms with Crippen molar-refractivity contribution in [3.05, 3.63) is 24.2 Å². The first-order valence-corrected chi connectivity index (χ1v) is 13.3. The van der Waals surface area contributed by atoms with E-state index in [0.717, 1.165) is 0 Å². The van der Waals surface area contributed by atoms with E-state index in [0.29, 0.717) is 18.4 Å². The molecule has 1 aromatic heterocycles. The van der Waals surface area contributed by atoms with Crippen LogP contribution in [0.1, 0.15) is 65.5 Å². The third kappa shape index (κ3) is 2.48. The predicted molar refractivity (Wildman–Crippen MR) is 125 cm³/mol. The topological polar surface area (TPSA) is 131 Å². The summed E-state index contributed by atoms with van der Waals surface area (Å²) in [7, 11) is 0. The summed E-state index contributed by atoms with van der Waals surface area (Å²) in [6.45, 7) is 8.94. The molecule has 10 heteroatoms. The van der Waals surface area contributed by atoms with Gasteiger partial charge in [-0.15, -0.1) is 0 Å². The van der Waals surface area contributed by atoms with Crippen LogP contribution in [-0.4, -0.2) is 59.8 Å². The van der Waals surface area contributed by atoms with Crippen molar-refractivity contribution in [1.82, 2.24) is 0 Å². The SMILES string of the molecule is CC(=O)O[C@H]1C(=O)[C@H]2C(C)(C)O[C@@H]3CC(=O)OC[C@]32[C@H]2CC[C@@]3(C)[C@H](c4ccoc4)OC(=O)[C@H]4O[C@@]43[C@@]21C. The lowest BCUT2D eigenvalue weighted by molar-refractivity contribution is -0.255. The second-order valence-electron chi connectivity index (χ2n) is 12.9. The minimum absolute atomic E-state index is 0.0243. The molecule has 7 rings (SSSR count). The highest BCUT2D eigenvalue weighted by Gasteiger charge is 2.91. The van der Waals surface area contributed by atoms with Gasteiger partial charge in [0.2, 0.25) is 0 Å². The highest BCUT2D eigenvalue weighted by molar-refractivity contribution is 5.93. The van der Waals surface area contributed by atoms with Crippen molar-refractivity contribution in [1.29, 1.82) is 0 Å². The van der Waals surface area contributed by atoms with Gasteiger partial charge in [0.15, 0.2) is 18.0 Å². The lowest BCUT2D eigenvalue weighted by Gasteiger charge is -2.66. The van der Waals surface area contributed by atoms with Gasteiger partial charge in [0, 0.05) is 28.7 Å².